The van der Waals surface area contributed by atoms with E-state index < -0.39 is 58.3 Å². The zero-order chi connectivity index (χ0) is 28.0. The molecule has 0 saturated heterocycles. The number of rotatable bonds is 6. The second-order valence-electron chi connectivity index (χ2n) is 7.91. The number of nitrogens with one attached hydrogen (secondary N) is 2. The normalized spacial score (nSPS) is 11.8. The van der Waals surface area contributed by atoms with Crippen molar-refractivity contribution in [3.63, 3.8) is 0 Å². The van der Waals surface area contributed by atoms with Gasteiger partial charge < -0.3 is 15.5 Å². The van der Waals surface area contributed by atoms with Gasteiger partial charge in [0.25, 0.3) is 26.1 Å². The number of benzene rings is 3. The fraction of sp³-hybridized carbons (Fsp3) is 0.0417. The molecule has 0 spiro atoms. The van der Waals surface area contributed by atoms with E-state index in [-0.39, 0.29) is 39.7 Å². The lowest BCUT2D eigenvalue weighted by Gasteiger charge is -2.20. The van der Waals surface area contributed by atoms with Crippen LogP contribution in [-0.4, -0.2) is 44.7 Å². The van der Waals surface area contributed by atoms with Crippen molar-refractivity contribution >= 4 is 49.1 Å². The first-order valence-corrected chi connectivity index (χ1v) is 13.3. The van der Waals surface area contributed by atoms with Crippen molar-refractivity contribution in [2.75, 3.05) is 12.3 Å². The summed E-state index contributed by atoms with van der Waals surface area (Å²) < 4.78 is 74.2. The highest BCUT2D eigenvalue weighted by atomic mass is 32.2. The van der Waals surface area contributed by atoms with Crippen LogP contribution in [0.2, 0.25) is 0 Å². The van der Waals surface area contributed by atoms with Crippen LogP contribution in [0.5, 0.6) is 0 Å². The molecule has 0 atom stereocenters. The summed E-state index contributed by atoms with van der Waals surface area (Å²) in [5, 5.41) is 9.76. The molecule has 1 aliphatic heterocycles. The zero-order valence-corrected chi connectivity index (χ0v) is 20.7. The number of terminal acetylenes is 1. The third-order valence-corrected chi connectivity index (χ3v) is 7.43. The zero-order valence-electron chi connectivity index (χ0n) is 19.0. The van der Waals surface area contributed by atoms with Gasteiger partial charge in [-0.3, -0.25) is 24.1 Å². The molecule has 1 heterocycles. The molecule has 38 heavy (non-hydrogen) atoms. The molecule has 1 aliphatic carbocycles. The minimum atomic E-state index is -5.09. The van der Waals surface area contributed by atoms with E-state index >= 15 is 0 Å². The number of amides is 1. The predicted molar refractivity (Wildman–Crippen MR) is 135 cm³/mol. The third-order valence-electron chi connectivity index (χ3n) is 5.57. The predicted octanol–water partition coefficient (Wildman–Crippen LogP) is 1.94. The molecule has 2 aromatic carbocycles. The number of fused-ring (bicyclic) bond motifs is 2. The Bertz CT molecular complexity index is 1950. The number of aldehydes is 1. The largest absolute Gasteiger partial charge is 0.453 e. The van der Waals surface area contributed by atoms with Crippen molar-refractivity contribution in [3.05, 3.63) is 58.9 Å². The van der Waals surface area contributed by atoms with E-state index in [2.05, 4.69) is 11.2 Å². The van der Waals surface area contributed by atoms with Crippen LogP contribution in [0.15, 0.2) is 56.7 Å². The van der Waals surface area contributed by atoms with Crippen LogP contribution in [-0.2, 0) is 20.2 Å². The molecule has 4 rings (SSSR count). The fourth-order valence-corrected chi connectivity index (χ4v) is 5.54. The van der Waals surface area contributed by atoms with E-state index in [1.54, 1.807) is 0 Å². The van der Waals surface area contributed by atoms with Crippen LogP contribution in [0.4, 0.5) is 5.69 Å². The van der Waals surface area contributed by atoms with Gasteiger partial charge in [0.15, 0.2) is 27.4 Å². The second-order valence-corrected chi connectivity index (χ2v) is 10.6. The lowest BCUT2D eigenvalue weighted by Crippen LogP contribution is -2.23. The lowest BCUT2D eigenvalue weighted by molar-refractivity contribution is 0.0958. The summed E-state index contributed by atoms with van der Waals surface area (Å²) >= 11 is 0. The van der Waals surface area contributed by atoms with Gasteiger partial charge in [-0.1, -0.05) is 12.0 Å². The second kappa shape index (κ2) is 9.39. The van der Waals surface area contributed by atoms with Crippen molar-refractivity contribution in [1.82, 2.24) is 5.32 Å². The van der Waals surface area contributed by atoms with Gasteiger partial charge in [0.1, 0.15) is 0 Å². The molecule has 0 unspecified atom stereocenters. The maximum atomic E-state index is 12.4. The average Bonchev–Trinajstić information content (AvgIpc) is 2.83. The van der Waals surface area contributed by atoms with Crippen molar-refractivity contribution < 1.29 is 39.9 Å². The molecule has 194 valence electrons. The standard InChI is InChI=1S/C24H17N3O9S2/c1-2-9-27-24(29)12-3-4-14(13(10-12)11-28)19-15-5-7-17(25)22(37(30,31)32)20(15)36-21-16(19)6-8-18(26)23(21)38(33,34)35/h1,3-8,10-11,25H,9,26H2,(H,27,29)(H,30,31,32)(H,33,34,35). The lowest BCUT2D eigenvalue weighted by atomic mass is 9.90. The van der Waals surface area contributed by atoms with Gasteiger partial charge in [0.05, 0.1) is 17.6 Å². The van der Waals surface area contributed by atoms with Crippen LogP contribution >= 0.6 is 0 Å². The SMILES string of the molecule is C#CCNC(=O)c1ccc(-c2c3ccc(=N)c(S(=O)(=O)O)c-3oc3c(S(=O)(=O)O)c(N)ccc23)c(C=O)c1. The number of hydrogen-bond donors (Lipinski definition) is 5. The average molecular weight is 556 g/mol. The fourth-order valence-electron chi connectivity index (χ4n) is 4.06. The van der Waals surface area contributed by atoms with Gasteiger partial charge in [-0.05, 0) is 42.0 Å². The number of carbonyl (C=O) groups excluding carboxylic acids is 2. The summed E-state index contributed by atoms with van der Waals surface area (Å²) in [6, 6.07) is 8.74. The monoisotopic (exact) mass is 555 g/mol. The smallest absolute Gasteiger partial charge is 0.300 e. The molecule has 2 aliphatic rings. The highest BCUT2D eigenvalue weighted by Gasteiger charge is 2.31. The number of nitrogen functional groups attached to an aromatic ring is 1. The Morgan fingerprint density at radius 3 is 2.32 bits per heavy atom. The molecule has 0 radical (unpaired) electrons. The number of nitrogens with two attached hydrogens (primary N) is 1. The minimum Gasteiger partial charge on any atom is -0.453 e. The Balaban J connectivity index is 2.23. The summed E-state index contributed by atoms with van der Waals surface area (Å²) in [7, 11) is -10.1. The van der Waals surface area contributed by atoms with Crippen LogP contribution < -0.4 is 16.4 Å². The molecule has 14 heteroatoms. The van der Waals surface area contributed by atoms with E-state index in [0.717, 1.165) is 12.1 Å². The highest BCUT2D eigenvalue weighted by molar-refractivity contribution is 7.86. The number of carbonyl (C=O) groups is 2. The molecular weight excluding hydrogens is 538 g/mol. The minimum absolute atomic E-state index is 0.0222. The number of anilines is 1. The van der Waals surface area contributed by atoms with Crippen LogP contribution in [0.3, 0.4) is 0 Å². The van der Waals surface area contributed by atoms with Gasteiger partial charge in [0.2, 0.25) is 0 Å². The summed E-state index contributed by atoms with van der Waals surface area (Å²) in [5.41, 5.74) is 4.84. The van der Waals surface area contributed by atoms with Crippen LogP contribution in [0.1, 0.15) is 20.7 Å². The molecule has 0 aromatic heterocycles. The van der Waals surface area contributed by atoms with Crippen LogP contribution in [0, 0.1) is 17.8 Å². The topological polar surface area (TPSA) is 218 Å². The van der Waals surface area contributed by atoms with Crippen molar-refractivity contribution in [1.29, 1.82) is 5.41 Å². The first kappa shape index (κ1) is 26.5. The molecule has 0 fully saturated rings. The maximum absolute atomic E-state index is 12.4. The highest BCUT2D eigenvalue weighted by Crippen LogP contribution is 2.45. The summed E-state index contributed by atoms with van der Waals surface area (Å²) in [4.78, 5) is 22.6. The Labute approximate surface area is 215 Å². The summed E-state index contributed by atoms with van der Waals surface area (Å²) in [6.45, 7) is -0.0693. The van der Waals surface area contributed by atoms with Gasteiger partial charge in [-0.2, -0.15) is 16.8 Å². The van der Waals surface area contributed by atoms with E-state index in [4.69, 9.17) is 22.0 Å². The molecule has 6 N–H and O–H groups in total. The van der Waals surface area contributed by atoms with Crippen molar-refractivity contribution in [3.8, 4) is 34.8 Å². The van der Waals surface area contributed by atoms with Gasteiger partial charge >= 0.3 is 0 Å². The van der Waals surface area contributed by atoms with E-state index in [0.29, 0.717) is 6.29 Å². The Morgan fingerprint density at radius 2 is 1.71 bits per heavy atom. The molecule has 0 bridgehead atoms. The quantitative estimate of drug-likeness (QED) is 0.0765. The first-order chi connectivity index (χ1) is 17.8. The molecule has 2 aromatic rings. The molecular formula is C24H17N3O9S2. The van der Waals surface area contributed by atoms with E-state index in [1.807, 2.05) is 0 Å². The van der Waals surface area contributed by atoms with Gasteiger partial charge in [-0.25, -0.2) is 0 Å². The Kier molecular flexibility index (Phi) is 6.55. The van der Waals surface area contributed by atoms with Gasteiger partial charge in [0, 0.05) is 27.6 Å². The number of hydrogen-bond acceptors (Lipinski definition) is 9. The maximum Gasteiger partial charge on any atom is 0.300 e. The molecule has 12 nitrogen and oxygen atoms in total. The first-order valence-electron chi connectivity index (χ1n) is 10.4. The molecule has 0 saturated carbocycles. The van der Waals surface area contributed by atoms with E-state index in [9.17, 15) is 35.5 Å². The Hall–Kier alpha value is -4.55. The summed E-state index contributed by atoms with van der Waals surface area (Å²) in [5.74, 6) is 1.03. The van der Waals surface area contributed by atoms with Crippen molar-refractivity contribution in [2.45, 2.75) is 9.79 Å². The summed E-state index contributed by atoms with van der Waals surface area (Å²) in [6.07, 6.45) is 5.57. The Morgan fingerprint density at radius 1 is 1.05 bits per heavy atom. The van der Waals surface area contributed by atoms with Gasteiger partial charge in [-0.15, -0.1) is 6.42 Å². The van der Waals surface area contributed by atoms with Crippen molar-refractivity contribution in [2.24, 2.45) is 0 Å². The third kappa shape index (κ3) is 4.51. The van der Waals surface area contributed by atoms with E-state index in [1.165, 1.54) is 30.3 Å². The van der Waals surface area contributed by atoms with Crippen LogP contribution in [0.25, 0.3) is 33.4 Å². The molecule has 1 amide bonds.